The molecule has 0 radical (unpaired) electrons. The molecule has 0 unspecified atom stereocenters. The highest BCUT2D eigenvalue weighted by molar-refractivity contribution is 5.84. The maximum atomic E-state index is 14.7. The van der Waals surface area contributed by atoms with Crippen LogP contribution in [0.5, 0.6) is 0 Å². The first-order valence-electron chi connectivity index (χ1n) is 11.8. The lowest BCUT2D eigenvalue weighted by Gasteiger charge is -2.09. The van der Waals surface area contributed by atoms with E-state index in [2.05, 4.69) is 11.8 Å². The fourth-order valence-electron chi connectivity index (χ4n) is 4.13. The highest BCUT2D eigenvalue weighted by atomic mass is 19.2. The first kappa shape index (κ1) is 27.0. The summed E-state index contributed by atoms with van der Waals surface area (Å²) in [5, 5.41) is -0.123. The Morgan fingerprint density at radius 3 is 1.92 bits per heavy atom. The Balaban J connectivity index is 1.52. The summed E-state index contributed by atoms with van der Waals surface area (Å²) in [6, 6.07) is 9.21. The number of benzene rings is 4. The largest absolute Gasteiger partial charge is 0.207 e. The summed E-state index contributed by atoms with van der Waals surface area (Å²) in [7, 11) is 0. The minimum atomic E-state index is -1.59. The number of allylic oxidation sites excluding steroid dienone is 2. The zero-order valence-electron chi connectivity index (χ0n) is 20.2. The zero-order chi connectivity index (χ0) is 27.4. The molecule has 7 heteroatoms. The lowest BCUT2D eigenvalue weighted by molar-refractivity contribution is 0.453. The van der Waals surface area contributed by atoms with Crippen LogP contribution in [0.15, 0.2) is 60.7 Å². The zero-order valence-corrected chi connectivity index (χ0v) is 20.2. The average Bonchev–Trinajstić information content (AvgIpc) is 2.86. The molecule has 0 saturated heterocycles. The van der Waals surface area contributed by atoms with Crippen molar-refractivity contribution in [2.45, 2.75) is 32.6 Å². The molecule has 0 bridgehead atoms. The number of halogens is 7. The van der Waals surface area contributed by atoms with Gasteiger partial charge < -0.3 is 0 Å². The number of hydrogen-bond donors (Lipinski definition) is 0. The summed E-state index contributed by atoms with van der Waals surface area (Å²) < 4.78 is 99.1. The van der Waals surface area contributed by atoms with Crippen LogP contribution in [0.1, 0.15) is 41.2 Å². The molecule has 0 fully saturated rings. The topological polar surface area (TPSA) is 0 Å². The van der Waals surface area contributed by atoms with Crippen LogP contribution >= 0.6 is 0 Å². The van der Waals surface area contributed by atoms with Crippen molar-refractivity contribution in [3.8, 4) is 11.8 Å². The molecule has 0 spiro atoms. The van der Waals surface area contributed by atoms with Gasteiger partial charge in [0, 0.05) is 16.5 Å². The standard InChI is InChI=1S/C31H21F7/c1-2-3-4-5-19-13-25(32)24(26(33)14-19)11-8-20-15-27(34)23(28(35)16-20)10-7-18-6-9-22-21(12-18)17-29(36)31(38)30(22)37/h2-3,6,9,12-17H,4-5,8,11H2,1H3/b3-2+. The van der Waals surface area contributed by atoms with Crippen LogP contribution in [-0.2, 0) is 19.3 Å². The summed E-state index contributed by atoms with van der Waals surface area (Å²) >= 11 is 0. The van der Waals surface area contributed by atoms with E-state index in [-0.39, 0.29) is 40.3 Å². The van der Waals surface area contributed by atoms with Gasteiger partial charge in [-0.1, -0.05) is 30.1 Å². The highest BCUT2D eigenvalue weighted by Gasteiger charge is 2.15. The van der Waals surface area contributed by atoms with E-state index >= 15 is 0 Å². The molecule has 0 saturated carbocycles. The van der Waals surface area contributed by atoms with Crippen molar-refractivity contribution in [1.82, 2.24) is 0 Å². The molecular formula is C31H21F7. The molecule has 0 aliphatic rings. The molecule has 0 heterocycles. The molecule has 0 amide bonds. The van der Waals surface area contributed by atoms with Crippen molar-refractivity contribution < 1.29 is 30.7 Å². The molecule has 0 atom stereocenters. The maximum absolute atomic E-state index is 14.7. The van der Waals surface area contributed by atoms with Gasteiger partial charge >= 0.3 is 0 Å². The second kappa shape index (κ2) is 11.6. The van der Waals surface area contributed by atoms with E-state index in [1.807, 2.05) is 19.1 Å². The Bertz CT molecular complexity index is 1560. The van der Waals surface area contributed by atoms with Crippen LogP contribution in [0.4, 0.5) is 30.7 Å². The van der Waals surface area contributed by atoms with Gasteiger partial charge in [-0.05, 0) is 91.6 Å². The van der Waals surface area contributed by atoms with Crippen molar-refractivity contribution in [3.63, 3.8) is 0 Å². The molecule has 0 aliphatic carbocycles. The summed E-state index contributed by atoms with van der Waals surface area (Å²) in [4.78, 5) is 0. The first-order valence-corrected chi connectivity index (χ1v) is 11.8. The molecule has 4 rings (SSSR count). The van der Waals surface area contributed by atoms with Gasteiger partial charge in [0.2, 0.25) is 0 Å². The van der Waals surface area contributed by atoms with Crippen LogP contribution in [0, 0.1) is 52.6 Å². The summed E-state index contributed by atoms with van der Waals surface area (Å²) in [5.41, 5.74) is 0.225. The minimum absolute atomic E-state index is 0.00826. The first-order chi connectivity index (χ1) is 18.2. The fourth-order valence-corrected chi connectivity index (χ4v) is 4.13. The maximum Gasteiger partial charge on any atom is 0.195 e. The van der Waals surface area contributed by atoms with Gasteiger partial charge in [-0.2, -0.15) is 0 Å². The van der Waals surface area contributed by atoms with Crippen LogP contribution in [0.2, 0.25) is 0 Å². The predicted molar refractivity (Wildman–Crippen MR) is 133 cm³/mol. The van der Waals surface area contributed by atoms with E-state index in [9.17, 15) is 30.7 Å². The normalized spacial score (nSPS) is 11.3. The number of hydrogen-bond acceptors (Lipinski definition) is 0. The van der Waals surface area contributed by atoms with Crippen molar-refractivity contribution in [1.29, 1.82) is 0 Å². The van der Waals surface area contributed by atoms with Crippen LogP contribution in [0.25, 0.3) is 10.8 Å². The number of fused-ring (bicyclic) bond motifs is 1. The van der Waals surface area contributed by atoms with E-state index in [1.54, 1.807) is 0 Å². The average molecular weight is 526 g/mol. The SMILES string of the molecule is C/C=C/CCc1cc(F)c(CCc2cc(F)c(C#Cc3ccc4c(F)c(F)c(F)cc4c3)c(F)c2)c(F)c1. The Hall–Kier alpha value is -4.05. The van der Waals surface area contributed by atoms with Gasteiger partial charge in [0.25, 0.3) is 0 Å². The van der Waals surface area contributed by atoms with Crippen molar-refractivity contribution in [2.24, 2.45) is 0 Å². The van der Waals surface area contributed by atoms with Gasteiger partial charge in [-0.25, -0.2) is 30.7 Å². The predicted octanol–water partition coefficient (Wildman–Crippen LogP) is 8.51. The molecule has 0 nitrogen and oxygen atoms in total. The second-order valence-corrected chi connectivity index (χ2v) is 8.75. The number of aryl methyl sites for hydroxylation is 2. The third-order valence-corrected chi connectivity index (χ3v) is 6.11. The molecule has 194 valence electrons. The molecule has 0 aliphatic heterocycles. The molecule has 0 N–H and O–H groups in total. The fraction of sp³-hybridized carbons (Fsp3) is 0.161. The van der Waals surface area contributed by atoms with Gasteiger partial charge in [0.05, 0.1) is 5.56 Å². The Morgan fingerprint density at radius 2 is 1.26 bits per heavy atom. The van der Waals surface area contributed by atoms with Gasteiger partial charge in [-0.15, -0.1) is 0 Å². The third-order valence-electron chi connectivity index (χ3n) is 6.11. The van der Waals surface area contributed by atoms with Crippen molar-refractivity contribution >= 4 is 10.8 Å². The van der Waals surface area contributed by atoms with E-state index in [1.165, 1.54) is 30.3 Å². The molecule has 38 heavy (non-hydrogen) atoms. The van der Waals surface area contributed by atoms with E-state index in [0.717, 1.165) is 18.2 Å². The molecular weight excluding hydrogens is 505 g/mol. The smallest absolute Gasteiger partial charge is 0.195 e. The molecule has 4 aromatic rings. The van der Waals surface area contributed by atoms with E-state index in [4.69, 9.17) is 0 Å². The van der Waals surface area contributed by atoms with Crippen molar-refractivity contribution in [3.05, 3.63) is 129 Å². The lowest BCUT2D eigenvalue weighted by atomic mass is 9.99. The molecule has 0 aromatic heterocycles. The quantitative estimate of drug-likeness (QED) is 0.102. The number of rotatable bonds is 6. The Morgan fingerprint density at radius 1 is 0.632 bits per heavy atom. The van der Waals surface area contributed by atoms with E-state index in [0.29, 0.717) is 18.4 Å². The van der Waals surface area contributed by atoms with Crippen molar-refractivity contribution in [2.75, 3.05) is 0 Å². The summed E-state index contributed by atoms with van der Waals surface area (Å²) in [6.07, 6.45) is 4.79. The lowest BCUT2D eigenvalue weighted by Crippen LogP contribution is -2.02. The van der Waals surface area contributed by atoms with Crippen LogP contribution in [-0.4, -0.2) is 0 Å². The Labute approximate surface area is 215 Å². The Kier molecular flexibility index (Phi) is 8.21. The second-order valence-electron chi connectivity index (χ2n) is 8.75. The van der Waals surface area contributed by atoms with Gasteiger partial charge in [0.1, 0.15) is 23.3 Å². The van der Waals surface area contributed by atoms with Crippen LogP contribution < -0.4 is 0 Å². The third kappa shape index (κ3) is 5.91. The van der Waals surface area contributed by atoms with Gasteiger partial charge in [-0.3, -0.25) is 0 Å². The minimum Gasteiger partial charge on any atom is -0.207 e. The highest BCUT2D eigenvalue weighted by Crippen LogP contribution is 2.25. The van der Waals surface area contributed by atoms with Gasteiger partial charge in [0.15, 0.2) is 17.5 Å². The van der Waals surface area contributed by atoms with E-state index < -0.39 is 46.3 Å². The molecule has 4 aromatic carbocycles. The summed E-state index contributed by atoms with van der Waals surface area (Å²) in [6.45, 7) is 1.86. The monoisotopic (exact) mass is 526 g/mol. The van der Waals surface area contributed by atoms with Crippen LogP contribution in [0.3, 0.4) is 0 Å². The summed E-state index contributed by atoms with van der Waals surface area (Å²) in [5.74, 6) is -2.75.